The highest BCUT2D eigenvalue weighted by molar-refractivity contribution is 7.80. The number of aliphatic hydroxyl groups is 1. The zero-order valence-corrected chi connectivity index (χ0v) is 10.9. The van der Waals surface area contributed by atoms with E-state index in [0.29, 0.717) is 17.4 Å². The number of amides is 2. The molecular formula is C12H14N2O4S. The molecule has 0 saturated carbocycles. The summed E-state index contributed by atoms with van der Waals surface area (Å²) in [5, 5.41) is 13.4. The van der Waals surface area contributed by atoms with Gasteiger partial charge in [0.05, 0.1) is 6.54 Å². The molecule has 1 unspecified atom stereocenters. The van der Waals surface area contributed by atoms with Gasteiger partial charge in [-0.05, 0) is 5.56 Å². The number of nitrogens with one attached hydrogen (secondary N) is 2. The van der Waals surface area contributed by atoms with E-state index in [0.717, 1.165) is 0 Å². The molecule has 6 nitrogen and oxygen atoms in total. The summed E-state index contributed by atoms with van der Waals surface area (Å²) in [6.45, 7) is -0.0507. The SMILES string of the molecule is O=Cc1ccccc1CNC(=O)C(=O)NCC(O)S. The average Bonchev–Trinajstić information content (AvgIpc) is 2.42. The lowest BCUT2D eigenvalue weighted by Gasteiger charge is -2.08. The number of rotatable bonds is 5. The second-order valence-electron chi connectivity index (χ2n) is 3.69. The largest absolute Gasteiger partial charge is 0.381 e. The molecule has 0 fully saturated rings. The monoisotopic (exact) mass is 282 g/mol. The third-order valence-electron chi connectivity index (χ3n) is 2.27. The first-order chi connectivity index (χ1) is 9.04. The van der Waals surface area contributed by atoms with Gasteiger partial charge in [0, 0.05) is 12.1 Å². The minimum absolute atomic E-state index is 0.0740. The fraction of sp³-hybridized carbons (Fsp3) is 0.250. The van der Waals surface area contributed by atoms with Gasteiger partial charge in [0.25, 0.3) is 0 Å². The summed E-state index contributed by atoms with van der Waals surface area (Å²) in [7, 11) is 0. The standard InChI is InChI=1S/C12H14N2O4S/c15-7-9-4-2-1-3-8(9)5-13-11(17)12(18)14-6-10(16)19/h1-4,7,10,16,19H,5-6H2,(H,13,17)(H,14,18). The van der Waals surface area contributed by atoms with Crippen molar-refractivity contribution in [2.75, 3.05) is 6.54 Å². The Hall–Kier alpha value is -1.86. The maximum Gasteiger partial charge on any atom is 0.309 e. The van der Waals surface area contributed by atoms with Crippen molar-refractivity contribution >= 4 is 30.7 Å². The summed E-state index contributed by atoms with van der Waals surface area (Å²) < 4.78 is 0. The second kappa shape index (κ2) is 7.55. The fourth-order valence-corrected chi connectivity index (χ4v) is 1.42. The molecule has 7 heteroatoms. The Morgan fingerprint density at radius 2 is 1.89 bits per heavy atom. The van der Waals surface area contributed by atoms with Crippen LogP contribution in [0.15, 0.2) is 24.3 Å². The number of hydrogen-bond acceptors (Lipinski definition) is 5. The van der Waals surface area contributed by atoms with Gasteiger partial charge in [0.1, 0.15) is 11.7 Å². The summed E-state index contributed by atoms with van der Waals surface area (Å²) >= 11 is 3.65. The Kier molecular flexibility index (Phi) is 6.04. The van der Waals surface area contributed by atoms with Gasteiger partial charge in [-0.2, -0.15) is 0 Å². The van der Waals surface area contributed by atoms with Crippen molar-refractivity contribution < 1.29 is 19.5 Å². The van der Waals surface area contributed by atoms with Crippen molar-refractivity contribution in [3.8, 4) is 0 Å². The summed E-state index contributed by atoms with van der Waals surface area (Å²) in [6.07, 6.45) is 0.679. The summed E-state index contributed by atoms with van der Waals surface area (Å²) in [5.74, 6) is -1.70. The lowest BCUT2D eigenvalue weighted by Crippen LogP contribution is -2.41. The van der Waals surface area contributed by atoms with Crippen molar-refractivity contribution in [3.05, 3.63) is 35.4 Å². The van der Waals surface area contributed by atoms with E-state index in [1.165, 1.54) is 0 Å². The highest BCUT2D eigenvalue weighted by Gasteiger charge is 2.13. The number of hydrogen-bond donors (Lipinski definition) is 4. The van der Waals surface area contributed by atoms with E-state index >= 15 is 0 Å². The Balaban J connectivity index is 2.50. The first-order valence-corrected chi connectivity index (χ1v) is 6.01. The van der Waals surface area contributed by atoms with E-state index < -0.39 is 17.3 Å². The van der Waals surface area contributed by atoms with Crippen LogP contribution in [0, 0.1) is 0 Å². The Morgan fingerprint density at radius 1 is 1.26 bits per heavy atom. The van der Waals surface area contributed by atoms with E-state index in [1.807, 2.05) is 0 Å². The van der Waals surface area contributed by atoms with Gasteiger partial charge in [-0.1, -0.05) is 24.3 Å². The van der Waals surface area contributed by atoms with E-state index in [4.69, 9.17) is 5.11 Å². The number of benzene rings is 1. The van der Waals surface area contributed by atoms with Gasteiger partial charge in [-0.15, -0.1) is 12.6 Å². The lowest BCUT2D eigenvalue weighted by molar-refractivity contribution is -0.139. The highest BCUT2D eigenvalue weighted by atomic mass is 32.1. The van der Waals surface area contributed by atoms with Crippen molar-refractivity contribution in [2.24, 2.45) is 0 Å². The molecule has 1 atom stereocenters. The minimum atomic E-state index is -1.02. The highest BCUT2D eigenvalue weighted by Crippen LogP contribution is 2.05. The van der Waals surface area contributed by atoms with Crippen LogP contribution in [-0.2, 0) is 16.1 Å². The normalized spacial score (nSPS) is 11.5. The molecule has 0 aliphatic rings. The number of thiol groups is 1. The van der Waals surface area contributed by atoms with Gasteiger partial charge in [0.2, 0.25) is 0 Å². The molecule has 0 saturated heterocycles. The average molecular weight is 282 g/mol. The molecule has 0 heterocycles. The van der Waals surface area contributed by atoms with Crippen LogP contribution in [0.2, 0.25) is 0 Å². The van der Waals surface area contributed by atoms with Crippen LogP contribution in [0.3, 0.4) is 0 Å². The maximum atomic E-state index is 11.4. The van der Waals surface area contributed by atoms with Crippen LogP contribution < -0.4 is 10.6 Å². The zero-order chi connectivity index (χ0) is 14.3. The maximum absolute atomic E-state index is 11.4. The topological polar surface area (TPSA) is 95.5 Å². The molecule has 1 aromatic rings. The van der Waals surface area contributed by atoms with Gasteiger partial charge < -0.3 is 15.7 Å². The Bertz CT molecular complexity index is 477. The number of aldehydes is 1. The molecular weight excluding hydrogens is 268 g/mol. The molecule has 102 valence electrons. The lowest BCUT2D eigenvalue weighted by atomic mass is 10.1. The molecule has 0 radical (unpaired) electrons. The quantitative estimate of drug-likeness (QED) is 0.253. The van der Waals surface area contributed by atoms with E-state index in [9.17, 15) is 14.4 Å². The molecule has 2 amide bonds. The van der Waals surface area contributed by atoms with Crippen molar-refractivity contribution in [1.29, 1.82) is 0 Å². The predicted octanol–water partition coefficient (Wildman–Crippen LogP) is -0.520. The number of aliphatic hydroxyl groups excluding tert-OH is 1. The number of carbonyl (C=O) groups is 3. The van der Waals surface area contributed by atoms with Crippen LogP contribution in [0.25, 0.3) is 0 Å². The third-order valence-corrected chi connectivity index (χ3v) is 2.46. The molecule has 19 heavy (non-hydrogen) atoms. The van der Waals surface area contributed by atoms with Gasteiger partial charge >= 0.3 is 11.8 Å². The first kappa shape index (κ1) is 15.2. The minimum Gasteiger partial charge on any atom is -0.381 e. The molecule has 0 aliphatic heterocycles. The Labute approximate surface area is 115 Å². The van der Waals surface area contributed by atoms with Crippen LogP contribution in [-0.4, -0.2) is 35.2 Å². The van der Waals surface area contributed by atoms with Gasteiger partial charge in [0.15, 0.2) is 0 Å². The van der Waals surface area contributed by atoms with Crippen LogP contribution in [0.1, 0.15) is 15.9 Å². The second-order valence-corrected chi connectivity index (χ2v) is 4.29. The molecule has 1 rings (SSSR count). The van der Waals surface area contributed by atoms with Crippen molar-refractivity contribution in [1.82, 2.24) is 10.6 Å². The fourth-order valence-electron chi connectivity index (χ4n) is 1.33. The first-order valence-electron chi connectivity index (χ1n) is 5.50. The zero-order valence-electron chi connectivity index (χ0n) is 10.00. The van der Waals surface area contributed by atoms with Crippen LogP contribution in [0.4, 0.5) is 0 Å². The summed E-state index contributed by atoms with van der Waals surface area (Å²) in [5.41, 5.74) is 0.0504. The van der Waals surface area contributed by atoms with Crippen molar-refractivity contribution in [3.63, 3.8) is 0 Å². The molecule has 3 N–H and O–H groups in total. The molecule has 1 aromatic carbocycles. The Morgan fingerprint density at radius 3 is 2.53 bits per heavy atom. The molecule has 0 spiro atoms. The molecule has 0 aliphatic carbocycles. The van der Waals surface area contributed by atoms with Crippen LogP contribution >= 0.6 is 12.6 Å². The van der Waals surface area contributed by atoms with E-state index in [2.05, 4.69) is 23.3 Å². The summed E-state index contributed by atoms with van der Waals surface area (Å²) in [4.78, 5) is 33.5. The molecule has 0 bridgehead atoms. The van der Waals surface area contributed by atoms with Crippen molar-refractivity contribution in [2.45, 2.75) is 12.0 Å². The van der Waals surface area contributed by atoms with Gasteiger partial charge in [-0.3, -0.25) is 14.4 Å². The van der Waals surface area contributed by atoms with Gasteiger partial charge in [-0.25, -0.2) is 0 Å². The predicted molar refractivity (Wildman–Crippen MR) is 71.7 cm³/mol. The number of carbonyl (C=O) groups excluding carboxylic acids is 3. The molecule has 0 aromatic heterocycles. The summed E-state index contributed by atoms with van der Waals surface area (Å²) in [6, 6.07) is 6.73. The van der Waals surface area contributed by atoms with Crippen LogP contribution in [0.5, 0.6) is 0 Å². The smallest absolute Gasteiger partial charge is 0.309 e. The van der Waals surface area contributed by atoms with E-state index in [-0.39, 0.29) is 13.1 Å². The third kappa shape index (κ3) is 5.11. The van der Waals surface area contributed by atoms with E-state index in [1.54, 1.807) is 24.3 Å².